The lowest BCUT2D eigenvalue weighted by Gasteiger charge is -2.28. The van der Waals surface area contributed by atoms with Crippen LogP contribution in [0.25, 0.3) is 0 Å². The second kappa shape index (κ2) is 38.2. The molecule has 56 heavy (non-hydrogen) atoms. The van der Waals surface area contributed by atoms with E-state index in [-0.39, 0.29) is 26.1 Å². The molecule has 0 aromatic rings. The molecular weight excluding hydrogens is 725 g/mol. The van der Waals surface area contributed by atoms with Gasteiger partial charge in [0.15, 0.2) is 6.10 Å². The minimum absolute atomic E-state index is 0.0429. The van der Waals surface area contributed by atoms with E-state index >= 15 is 0 Å². The van der Waals surface area contributed by atoms with Crippen molar-refractivity contribution in [3.8, 4) is 0 Å². The van der Waals surface area contributed by atoms with Gasteiger partial charge in [-0.1, -0.05) is 164 Å². The van der Waals surface area contributed by atoms with Gasteiger partial charge in [-0.05, 0) is 51.4 Å². The molecule has 0 spiro atoms. The first kappa shape index (κ1) is 53.7. The zero-order valence-corrected chi connectivity index (χ0v) is 37.2. The molecule has 0 aliphatic heterocycles. The molecular formula is C46H82NO8P. The molecule has 0 saturated heterocycles. The van der Waals surface area contributed by atoms with Crippen molar-refractivity contribution in [2.24, 2.45) is 0 Å². The summed E-state index contributed by atoms with van der Waals surface area (Å²) in [5, 5.41) is 0. The van der Waals surface area contributed by atoms with Crippen molar-refractivity contribution < 1.29 is 42.1 Å². The SMILES string of the molecule is CC/C=C/C/C=C/C/C=C/C/C=C/C/C=C/CCCC(=O)O[C@H](COC(=O)CCCCCCCCCCCCCCCCC)COP(=O)([O-])OCC[N+](C)(C)C. The smallest absolute Gasteiger partial charge is 0.306 e. The Morgan fingerprint density at radius 1 is 0.571 bits per heavy atom. The molecule has 10 heteroatoms. The van der Waals surface area contributed by atoms with Gasteiger partial charge in [-0.25, -0.2) is 0 Å². The zero-order valence-electron chi connectivity index (χ0n) is 36.3. The molecule has 0 aliphatic carbocycles. The summed E-state index contributed by atoms with van der Waals surface area (Å²) in [5.41, 5.74) is 0. The van der Waals surface area contributed by atoms with E-state index in [1.165, 1.54) is 77.0 Å². The largest absolute Gasteiger partial charge is 0.756 e. The third kappa shape index (κ3) is 41.3. The number of unbranched alkanes of at least 4 members (excludes halogenated alkanes) is 15. The van der Waals surface area contributed by atoms with E-state index in [9.17, 15) is 19.0 Å². The van der Waals surface area contributed by atoms with Crippen LogP contribution in [0.1, 0.15) is 168 Å². The second-order valence-corrected chi connectivity index (χ2v) is 17.1. The number of carbonyl (C=O) groups excluding carboxylic acids is 2. The van der Waals surface area contributed by atoms with Gasteiger partial charge in [0.25, 0.3) is 7.82 Å². The van der Waals surface area contributed by atoms with Gasteiger partial charge >= 0.3 is 11.9 Å². The van der Waals surface area contributed by atoms with Crippen LogP contribution in [-0.2, 0) is 32.7 Å². The highest BCUT2D eigenvalue weighted by Gasteiger charge is 2.21. The van der Waals surface area contributed by atoms with Crippen molar-refractivity contribution in [1.82, 2.24) is 0 Å². The number of hydrogen-bond donors (Lipinski definition) is 0. The summed E-state index contributed by atoms with van der Waals surface area (Å²) in [4.78, 5) is 37.5. The summed E-state index contributed by atoms with van der Waals surface area (Å²) in [6, 6.07) is 0. The molecule has 0 amide bonds. The van der Waals surface area contributed by atoms with Gasteiger partial charge in [-0.3, -0.25) is 14.2 Å². The van der Waals surface area contributed by atoms with Crippen molar-refractivity contribution in [3.63, 3.8) is 0 Å². The van der Waals surface area contributed by atoms with E-state index in [4.69, 9.17) is 18.5 Å². The Kier molecular flexibility index (Phi) is 36.7. The number of hydrogen-bond acceptors (Lipinski definition) is 8. The predicted octanol–water partition coefficient (Wildman–Crippen LogP) is 11.8. The van der Waals surface area contributed by atoms with Crippen molar-refractivity contribution in [2.75, 3.05) is 47.5 Å². The van der Waals surface area contributed by atoms with Crippen molar-refractivity contribution in [2.45, 2.75) is 174 Å². The molecule has 9 nitrogen and oxygen atoms in total. The van der Waals surface area contributed by atoms with Gasteiger partial charge in [0.2, 0.25) is 0 Å². The Labute approximate surface area is 343 Å². The average Bonchev–Trinajstić information content (AvgIpc) is 3.15. The molecule has 2 atom stereocenters. The maximum Gasteiger partial charge on any atom is 0.306 e. The van der Waals surface area contributed by atoms with Crippen molar-refractivity contribution >= 4 is 19.8 Å². The number of allylic oxidation sites excluding steroid dienone is 10. The summed E-state index contributed by atoms with van der Waals surface area (Å²) >= 11 is 0. The fourth-order valence-corrected chi connectivity index (χ4v) is 6.36. The van der Waals surface area contributed by atoms with Gasteiger partial charge in [0.1, 0.15) is 19.8 Å². The topological polar surface area (TPSA) is 111 Å². The van der Waals surface area contributed by atoms with Gasteiger partial charge in [-0.2, -0.15) is 0 Å². The third-order valence-corrected chi connectivity index (χ3v) is 10.0. The molecule has 1 unspecified atom stereocenters. The summed E-state index contributed by atoms with van der Waals surface area (Å²) < 4.78 is 33.8. The highest BCUT2D eigenvalue weighted by molar-refractivity contribution is 7.45. The van der Waals surface area contributed by atoms with Crippen LogP contribution in [0.5, 0.6) is 0 Å². The first-order valence-corrected chi connectivity index (χ1v) is 23.5. The number of nitrogens with zero attached hydrogens (tertiary/aromatic N) is 1. The minimum atomic E-state index is -4.64. The summed E-state index contributed by atoms with van der Waals surface area (Å²) in [5.74, 6) is -0.903. The molecule has 0 aromatic carbocycles. The number of phosphoric acid groups is 1. The van der Waals surface area contributed by atoms with Crippen LogP contribution in [-0.4, -0.2) is 70.0 Å². The van der Waals surface area contributed by atoms with Gasteiger partial charge in [0, 0.05) is 12.8 Å². The average molecular weight is 808 g/mol. The Morgan fingerprint density at radius 3 is 1.50 bits per heavy atom. The molecule has 0 N–H and O–H groups in total. The van der Waals surface area contributed by atoms with Crippen LogP contribution in [0.4, 0.5) is 0 Å². The fraction of sp³-hybridized carbons (Fsp3) is 0.739. The van der Waals surface area contributed by atoms with Gasteiger partial charge in [0.05, 0.1) is 27.7 Å². The maximum atomic E-state index is 12.6. The van der Waals surface area contributed by atoms with Gasteiger partial charge in [-0.15, -0.1) is 0 Å². The highest BCUT2D eigenvalue weighted by Crippen LogP contribution is 2.38. The van der Waals surface area contributed by atoms with E-state index in [0.29, 0.717) is 23.9 Å². The van der Waals surface area contributed by atoms with Crippen LogP contribution in [0.2, 0.25) is 0 Å². The highest BCUT2D eigenvalue weighted by atomic mass is 31.2. The van der Waals surface area contributed by atoms with Crippen LogP contribution in [0.3, 0.4) is 0 Å². The second-order valence-electron chi connectivity index (χ2n) is 15.7. The minimum Gasteiger partial charge on any atom is -0.756 e. The Bertz CT molecular complexity index is 1140. The van der Waals surface area contributed by atoms with E-state index in [1.54, 1.807) is 0 Å². The number of rotatable bonds is 39. The molecule has 0 heterocycles. The van der Waals surface area contributed by atoms with E-state index in [0.717, 1.165) is 51.4 Å². The first-order valence-electron chi connectivity index (χ1n) is 22.0. The number of phosphoric ester groups is 1. The standard InChI is InChI=1S/C46H82NO8P/c1-6-8-10-12-14-16-18-20-22-23-25-27-29-31-33-35-37-39-46(49)55-44(43-54-56(50,51)53-41-40-47(3,4)5)42-52-45(48)38-36-34-32-30-28-26-24-21-19-17-15-13-11-9-7-2/h8,10,14,16,20,22,25,27,31,33,44H,6-7,9,11-13,15,17-19,21,23-24,26,28-30,32,34-43H2,1-5H3/b10-8+,16-14+,22-20+,27-25+,33-31+/t44-/m1/s1. The van der Waals surface area contributed by atoms with Crippen LogP contribution in [0.15, 0.2) is 60.8 Å². The molecule has 0 fully saturated rings. The Hall–Kier alpha value is -2.29. The lowest BCUT2D eigenvalue weighted by Crippen LogP contribution is -2.37. The van der Waals surface area contributed by atoms with Gasteiger partial charge < -0.3 is 27.9 Å². The first-order chi connectivity index (χ1) is 27.0. The number of ether oxygens (including phenoxy) is 2. The number of esters is 2. The molecule has 0 bridgehead atoms. The molecule has 0 radical (unpaired) electrons. The quantitative estimate of drug-likeness (QED) is 0.0198. The van der Waals surface area contributed by atoms with E-state index in [2.05, 4.69) is 68.5 Å². The summed E-state index contributed by atoms with van der Waals surface area (Å²) in [7, 11) is 1.12. The molecule has 0 rings (SSSR count). The Balaban J connectivity index is 4.46. The number of carbonyl (C=O) groups is 2. The fourth-order valence-electron chi connectivity index (χ4n) is 5.63. The number of likely N-dealkylation sites (N-methyl/N-ethyl adjacent to an activating group) is 1. The third-order valence-electron chi connectivity index (χ3n) is 9.05. The summed E-state index contributed by atoms with van der Waals surface area (Å²) in [6.07, 6.45) is 45.4. The molecule has 0 aliphatic rings. The van der Waals surface area contributed by atoms with Crippen LogP contribution >= 0.6 is 7.82 Å². The maximum absolute atomic E-state index is 12.6. The van der Waals surface area contributed by atoms with E-state index < -0.39 is 32.5 Å². The molecule has 0 aromatic heterocycles. The lowest BCUT2D eigenvalue weighted by molar-refractivity contribution is -0.870. The van der Waals surface area contributed by atoms with Crippen molar-refractivity contribution in [1.29, 1.82) is 0 Å². The predicted molar refractivity (Wildman–Crippen MR) is 231 cm³/mol. The normalized spacial score (nSPS) is 14.2. The Morgan fingerprint density at radius 2 is 1.02 bits per heavy atom. The van der Waals surface area contributed by atoms with Crippen molar-refractivity contribution in [3.05, 3.63) is 60.8 Å². The molecule has 324 valence electrons. The lowest BCUT2D eigenvalue weighted by atomic mass is 10.0. The van der Waals surface area contributed by atoms with E-state index in [1.807, 2.05) is 27.2 Å². The molecule has 0 saturated carbocycles. The zero-order chi connectivity index (χ0) is 41.4. The number of quaternary nitrogens is 1. The summed E-state index contributed by atoms with van der Waals surface area (Å²) in [6.45, 7) is 4.04. The van der Waals surface area contributed by atoms with Crippen LogP contribution < -0.4 is 4.89 Å². The monoisotopic (exact) mass is 808 g/mol. The van der Waals surface area contributed by atoms with Crippen LogP contribution in [0, 0.1) is 0 Å².